The summed E-state index contributed by atoms with van der Waals surface area (Å²) < 4.78 is 39.6. The van der Waals surface area contributed by atoms with E-state index in [9.17, 15) is 22.8 Å². The van der Waals surface area contributed by atoms with Gasteiger partial charge in [0.15, 0.2) is 0 Å². The highest BCUT2D eigenvalue weighted by Crippen LogP contribution is 2.14. The average molecular weight is 306 g/mol. The molecule has 6 nitrogen and oxygen atoms in total. The van der Waals surface area contributed by atoms with Crippen LogP contribution in [-0.4, -0.2) is 43.0 Å². The van der Waals surface area contributed by atoms with Crippen molar-refractivity contribution >= 4 is 17.7 Å². The van der Waals surface area contributed by atoms with E-state index in [4.69, 9.17) is 5.11 Å². The zero-order valence-corrected chi connectivity index (χ0v) is 10.7. The number of aromatic carboxylic acids is 1. The number of nitrogens with one attached hydrogen (secondary N) is 2. The highest BCUT2D eigenvalue weighted by atomic mass is 19.4. The molecule has 21 heavy (non-hydrogen) atoms. The van der Waals surface area contributed by atoms with E-state index in [-0.39, 0.29) is 24.4 Å². The molecule has 1 aromatic carbocycles. The maximum absolute atomic E-state index is 11.8. The van der Waals surface area contributed by atoms with E-state index in [1.54, 1.807) is 0 Å². The molecule has 9 heteroatoms. The fraction of sp³-hybridized carbons (Fsp3) is 0.333. The Bertz CT molecular complexity index is 506. The predicted molar refractivity (Wildman–Crippen MR) is 67.3 cm³/mol. The second-order valence-electron chi connectivity index (χ2n) is 3.93. The van der Waals surface area contributed by atoms with Gasteiger partial charge in [0.25, 0.3) is 0 Å². The number of hydrogen-bond donors (Lipinski definition) is 3. The standard InChI is InChI=1S/C12H13F3N2O4/c13-12(14,15)7-21-5-4-16-11(20)17-9-3-1-2-8(6-9)10(18)19/h1-3,6H,4-5,7H2,(H,18,19)(H2,16,17,20). The van der Waals surface area contributed by atoms with Gasteiger partial charge in [0.05, 0.1) is 12.2 Å². The molecule has 0 aromatic heterocycles. The van der Waals surface area contributed by atoms with Gasteiger partial charge in [-0.25, -0.2) is 9.59 Å². The number of urea groups is 1. The minimum atomic E-state index is -4.40. The predicted octanol–water partition coefficient (Wildman–Crippen LogP) is 2.09. The third-order valence-electron chi connectivity index (χ3n) is 2.17. The van der Waals surface area contributed by atoms with Crippen LogP contribution in [0.2, 0.25) is 0 Å². The number of carboxylic acids is 1. The van der Waals surface area contributed by atoms with Crippen LogP contribution in [0.5, 0.6) is 0 Å². The van der Waals surface area contributed by atoms with Gasteiger partial charge in [-0.15, -0.1) is 0 Å². The number of halogens is 3. The molecule has 116 valence electrons. The van der Waals surface area contributed by atoms with Crippen molar-refractivity contribution in [2.75, 3.05) is 25.1 Å². The lowest BCUT2D eigenvalue weighted by molar-refractivity contribution is -0.173. The molecule has 0 unspecified atom stereocenters. The van der Waals surface area contributed by atoms with E-state index in [0.717, 1.165) is 0 Å². The lowest BCUT2D eigenvalue weighted by Crippen LogP contribution is -2.32. The van der Waals surface area contributed by atoms with E-state index < -0.39 is 24.8 Å². The lowest BCUT2D eigenvalue weighted by Gasteiger charge is -2.09. The van der Waals surface area contributed by atoms with Crippen LogP contribution < -0.4 is 10.6 Å². The van der Waals surface area contributed by atoms with Gasteiger partial charge in [-0.1, -0.05) is 6.07 Å². The Kier molecular flexibility index (Phi) is 5.97. The average Bonchev–Trinajstić information content (AvgIpc) is 2.37. The molecule has 0 radical (unpaired) electrons. The fourth-order valence-corrected chi connectivity index (χ4v) is 1.33. The lowest BCUT2D eigenvalue weighted by atomic mass is 10.2. The first kappa shape index (κ1) is 16.8. The number of amides is 2. The SMILES string of the molecule is O=C(NCCOCC(F)(F)F)Nc1cccc(C(=O)O)c1. The van der Waals surface area contributed by atoms with Crippen molar-refractivity contribution in [2.24, 2.45) is 0 Å². The highest BCUT2D eigenvalue weighted by Gasteiger charge is 2.27. The van der Waals surface area contributed by atoms with E-state index in [1.165, 1.54) is 24.3 Å². The molecular weight excluding hydrogens is 293 g/mol. The van der Waals surface area contributed by atoms with Gasteiger partial charge in [-0.05, 0) is 18.2 Å². The monoisotopic (exact) mass is 306 g/mol. The molecule has 1 aromatic rings. The number of ether oxygens (including phenoxy) is 1. The molecule has 0 saturated carbocycles. The highest BCUT2D eigenvalue weighted by molar-refractivity contribution is 5.93. The van der Waals surface area contributed by atoms with Gasteiger partial charge in [0.2, 0.25) is 0 Å². The Balaban J connectivity index is 2.31. The zero-order valence-electron chi connectivity index (χ0n) is 10.7. The van der Waals surface area contributed by atoms with Gasteiger partial charge >= 0.3 is 18.2 Å². The minimum Gasteiger partial charge on any atom is -0.478 e. The van der Waals surface area contributed by atoms with Gasteiger partial charge in [0, 0.05) is 12.2 Å². The molecule has 0 fully saturated rings. The van der Waals surface area contributed by atoms with E-state index in [0.29, 0.717) is 0 Å². The first-order valence-corrected chi connectivity index (χ1v) is 5.80. The molecule has 0 aliphatic heterocycles. The van der Waals surface area contributed by atoms with Crippen LogP contribution in [0.1, 0.15) is 10.4 Å². The van der Waals surface area contributed by atoms with Gasteiger partial charge in [0.1, 0.15) is 6.61 Å². The number of carbonyl (C=O) groups excluding carboxylic acids is 1. The van der Waals surface area contributed by atoms with Crippen molar-refractivity contribution in [3.8, 4) is 0 Å². The quantitative estimate of drug-likeness (QED) is 0.702. The summed E-state index contributed by atoms with van der Waals surface area (Å²) in [6, 6.07) is 4.86. The number of anilines is 1. The van der Waals surface area contributed by atoms with Crippen molar-refractivity contribution in [3.05, 3.63) is 29.8 Å². The Hall–Kier alpha value is -2.29. The Morgan fingerprint density at radius 3 is 2.62 bits per heavy atom. The third kappa shape index (κ3) is 7.16. The number of alkyl halides is 3. The number of rotatable bonds is 6. The summed E-state index contributed by atoms with van der Waals surface area (Å²) in [7, 11) is 0. The van der Waals surface area contributed by atoms with Crippen LogP contribution in [0.15, 0.2) is 24.3 Å². The summed E-state index contributed by atoms with van der Waals surface area (Å²) >= 11 is 0. The summed E-state index contributed by atoms with van der Waals surface area (Å²) in [6.45, 7) is -1.78. The molecular formula is C12H13F3N2O4. The van der Waals surface area contributed by atoms with Crippen molar-refractivity contribution in [1.82, 2.24) is 5.32 Å². The van der Waals surface area contributed by atoms with E-state index in [2.05, 4.69) is 15.4 Å². The van der Waals surface area contributed by atoms with Gasteiger partial charge in [-0.3, -0.25) is 0 Å². The molecule has 3 N–H and O–H groups in total. The van der Waals surface area contributed by atoms with Crippen molar-refractivity contribution in [3.63, 3.8) is 0 Å². The maximum atomic E-state index is 11.8. The zero-order chi connectivity index (χ0) is 15.9. The van der Waals surface area contributed by atoms with Gasteiger partial charge in [-0.2, -0.15) is 13.2 Å². The van der Waals surface area contributed by atoms with Crippen LogP contribution >= 0.6 is 0 Å². The minimum absolute atomic E-state index is 0.00121. The smallest absolute Gasteiger partial charge is 0.411 e. The van der Waals surface area contributed by atoms with Crippen LogP contribution in [0.3, 0.4) is 0 Å². The Morgan fingerprint density at radius 2 is 2.00 bits per heavy atom. The summed E-state index contributed by atoms with van der Waals surface area (Å²) in [5, 5.41) is 13.4. The molecule has 0 heterocycles. The summed E-state index contributed by atoms with van der Waals surface area (Å²) in [6.07, 6.45) is -4.40. The first-order valence-electron chi connectivity index (χ1n) is 5.80. The molecule has 0 aliphatic carbocycles. The van der Waals surface area contributed by atoms with E-state index >= 15 is 0 Å². The molecule has 2 amide bonds. The first-order chi connectivity index (χ1) is 9.78. The topological polar surface area (TPSA) is 87.7 Å². The largest absolute Gasteiger partial charge is 0.478 e. The van der Waals surface area contributed by atoms with Crippen molar-refractivity contribution in [2.45, 2.75) is 6.18 Å². The molecule has 0 spiro atoms. The van der Waals surface area contributed by atoms with Crippen LogP contribution in [0, 0.1) is 0 Å². The summed E-state index contributed by atoms with van der Waals surface area (Å²) in [5.41, 5.74) is 0.255. The molecule has 1 rings (SSSR count). The maximum Gasteiger partial charge on any atom is 0.411 e. The number of carbonyl (C=O) groups is 2. The molecule has 0 bridgehead atoms. The normalized spacial score (nSPS) is 11.0. The summed E-state index contributed by atoms with van der Waals surface area (Å²) in [5.74, 6) is -1.14. The molecule has 0 saturated heterocycles. The van der Waals surface area contributed by atoms with Crippen LogP contribution in [0.4, 0.5) is 23.7 Å². The number of hydrogen-bond acceptors (Lipinski definition) is 3. The van der Waals surface area contributed by atoms with Gasteiger partial charge < -0.3 is 20.5 Å². The Labute approximate surface area is 117 Å². The molecule has 0 aliphatic rings. The Morgan fingerprint density at radius 1 is 1.29 bits per heavy atom. The number of carboxylic acid groups (broad SMARTS) is 1. The summed E-state index contributed by atoms with van der Waals surface area (Å²) in [4.78, 5) is 22.1. The van der Waals surface area contributed by atoms with Crippen LogP contribution in [-0.2, 0) is 4.74 Å². The van der Waals surface area contributed by atoms with E-state index in [1.807, 2.05) is 0 Å². The second kappa shape index (κ2) is 7.48. The molecule has 0 atom stereocenters. The van der Waals surface area contributed by atoms with Crippen molar-refractivity contribution < 1.29 is 32.6 Å². The van der Waals surface area contributed by atoms with Crippen LogP contribution in [0.25, 0.3) is 0 Å². The second-order valence-corrected chi connectivity index (χ2v) is 3.93. The number of benzene rings is 1. The fourth-order valence-electron chi connectivity index (χ4n) is 1.33. The third-order valence-corrected chi connectivity index (χ3v) is 2.17. The van der Waals surface area contributed by atoms with Crippen molar-refractivity contribution in [1.29, 1.82) is 0 Å².